The van der Waals surface area contributed by atoms with Gasteiger partial charge < -0.3 is 10.2 Å². The van der Waals surface area contributed by atoms with Crippen LogP contribution in [-0.2, 0) is 4.79 Å². The molecule has 5 nitrogen and oxygen atoms in total. The van der Waals surface area contributed by atoms with Crippen molar-refractivity contribution in [3.8, 4) is 0 Å². The molecule has 0 saturated heterocycles. The lowest BCUT2D eigenvalue weighted by Crippen LogP contribution is -2.38. The highest BCUT2D eigenvalue weighted by atomic mass is 19.1. The average Bonchev–Trinajstić information content (AvgIpc) is 2.53. The number of halogens is 2. The topological polar surface area (TPSA) is 62.3 Å². The van der Waals surface area contributed by atoms with Gasteiger partial charge in [-0.25, -0.2) is 8.78 Å². The summed E-state index contributed by atoms with van der Waals surface area (Å²) in [6.07, 6.45) is 2.93. The van der Waals surface area contributed by atoms with Gasteiger partial charge in [-0.05, 0) is 24.3 Å². The number of pyridine rings is 1. The third kappa shape index (κ3) is 4.09. The summed E-state index contributed by atoms with van der Waals surface area (Å²) in [6.45, 7) is 1.19. The molecule has 0 aliphatic rings. The van der Waals surface area contributed by atoms with E-state index < -0.39 is 23.2 Å². The van der Waals surface area contributed by atoms with Crippen LogP contribution >= 0.6 is 0 Å². The summed E-state index contributed by atoms with van der Waals surface area (Å²) in [5.74, 6) is -2.57. The molecule has 1 aromatic heterocycles. The van der Waals surface area contributed by atoms with Crippen molar-refractivity contribution in [1.82, 2.24) is 10.3 Å². The van der Waals surface area contributed by atoms with Gasteiger partial charge in [0.15, 0.2) is 0 Å². The Morgan fingerprint density at radius 3 is 2.43 bits per heavy atom. The van der Waals surface area contributed by atoms with Crippen molar-refractivity contribution < 1.29 is 18.4 Å². The van der Waals surface area contributed by atoms with E-state index in [9.17, 15) is 18.4 Å². The van der Waals surface area contributed by atoms with E-state index in [1.54, 1.807) is 12.1 Å². The number of hydrogen-bond acceptors (Lipinski definition) is 3. The summed E-state index contributed by atoms with van der Waals surface area (Å²) in [4.78, 5) is 28.3. The van der Waals surface area contributed by atoms with Crippen LogP contribution in [0, 0.1) is 11.6 Å². The zero-order valence-corrected chi connectivity index (χ0v) is 12.4. The predicted octanol–water partition coefficient (Wildman–Crippen LogP) is 2.14. The summed E-state index contributed by atoms with van der Waals surface area (Å²) in [7, 11) is 0. The van der Waals surface area contributed by atoms with Crippen LogP contribution < -0.4 is 10.2 Å². The number of carbonyl (C=O) groups excluding carboxylic acids is 2. The Morgan fingerprint density at radius 1 is 1.17 bits per heavy atom. The number of nitrogens with zero attached hydrogens (tertiary/aromatic N) is 2. The van der Waals surface area contributed by atoms with Gasteiger partial charge in [0, 0.05) is 32.4 Å². The first-order valence-corrected chi connectivity index (χ1v) is 6.91. The first-order valence-electron chi connectivity index (χ1n) is 6.91. The number of benzene rings is 1. The largest absolute Gasteiger partial charge is 0.350 e. The molecule has 120 valence electrons. The van der Waals surface area contributed by atoms with Crippen LogP contribution in [0.5, 0.6) is 0 Å². The molecule has 0 bridgehead atoms. The number of anilines is 1. The zero-order valence-electron chi connectivity index (χ0n) is 12.4. The standard InChI is InChI=1S/C16H15F2N3O2/c1-11(22)21(15-13(17)5-2-6-14(15)18)9-8-20-16(23)12-4-3-7-19-10-12/h2-7,10H,8-9H2,1H3,(H,20,23). The van der Waals surface area contributed by atoms with Crippen molar-refractivity contribution in [1.29, 1.82) is 0 Å². The quantitative estimate of drug-likeness (QED) is 0.918. The molecule has 2 aromatic rings. The molecule has 1 heterocycles. The molecule has 0 spiro atoms. The fraction of sp³-hybridized carbons (Fsp3) is 0.188. The lowest BCUT2D eigenvalue weighted by atomic mass is 10.2. The average molecular weight is 319 g/mol. The zero-order chi connectivity index (χ0) is 16.8. The Bertz CT molecular complexity index is 687. The lowest BCUT2D eigenvalue weighted by molar-refractivity contribution is -0.116. The lowest BCUT2D eigenvalue weighted by Gasteiger charge is -2.22. The first kappa shape index (κ1) is 16.5. The van der Waals surface area contributed by atoms with Gasteiger partial charge in [-0.1, -0.05) is 6.07 Å². The molecule has 7 heteroatoms. The van der Waals surface area contributed by atoms with E-state index >= 15 is 0 Å². The van der Waals surface area contributed by atoms with Gasteiger partial charge in [-0.15, -0.1) is 0 Å². The summed E-state index contributed by atoms with van der Waals surface area (Å²) in [5, 5.41) is 2.58. The predicted molar refractivity (Wildman–Crippen MR) is 81.0 cm³/mol. The van der Waals surface area contributed by atoms with Gasteiger partial charge in [0.25, 0.3) is 5.91 Å². The minimum Gasteiger partial charge on any atom is -0.350 e. The van der Waals surface area contributed by atoms with Crippen LogP contribution in [0.2, 0.25) is 0 Å². The van der Waals surface area contributed by atoms with Crippen LogP contribution in [0.1, 0.15) is 17.3 Å². The Kier molecular flexibility index (Phi) is 5.35. The molecule has 23 heavy (non-hydrogen) atoms. The van der Waals surface area contributed by atoms with E-state index in [1.165, 1.54) is 25.4 Å². The van der Waals surface area contributed by atoms with E-state index in [0.717, 1.165) is 17.0 Å². The van der Waals surface area contributed by atoms with Gasteiger partial charge in [0.1, 0.15) is 17.3 Å². The van der Waals surface area contributed by atoms with E-state index in [2.05, 4.69) is 10.3 Å². The van der Waals surface area contributed by atoms with Gasteiger partial charge in [-0.2, -0.15) is 0 Å². The summed E-state index contributed by atoms with van der Waals surface area (Å²) >= 11 is 0. The molecule has 0 aliphatic heterocycles. The maximum Gasteiger partial charge on any atom is 0.252 e. The summed E-state index contributed by atoms with van der Waals surface area (Å²) in [5.41, 5.74) is -0.0606. The second-order valence-corrected chi connectivity index (χ2v) is 4.74. The highest BCUT2D eigenvalue weighted by molar-refractivity contribution is 5.94. The van der Waals surface area contributed by atoms with Crippen molar-refractivity contribution in [2.45, 2.75) is 6.92 Å². The van der Waals surface area contributed by atoms with Gasteiger partial charge in [0.05, 0.1) is 5.56 Å². The molecule has 0 radical (unpaired) electrons. The highest BCUT2D eigenvalue weighted by Gasteiger charge is 2.20. The number of amides is 2. The normalized spacial score (nSPS) is 10.2. The van der Waals surface area contributed by atoms with E-state index in [1.807, 2.05) is 0 Å². The fourth-order valence-corrected chi connectivity index (χ4v) is 2.05. The van der Waals surface area contributed by atoms with E-state index in [4.69, 9.17) is 0 Å². The number of para-hydroxylation sites is 1. The highest BCUT2D eigenvalue weighted by Crippen LogP contribution is 2.22. The Labute approximate surface area is 131 Å². The minimum absolute atomic E-state index is 0.0427. The van der Waals surface area contributed by atoms with Crippen molar-refractivity contribution in [2.24, 2.45) is 0 Å². The molecule has 0 fully saturated rings. The van der Waals surface area contributed by atoms with Crippen LogP contribution in [-0.4, -0.2) is 29.9 Å². The van der Waals surface area contributed by atoms with Crippen molar-refractivity contribution in [2.75, 3.05) is 18.0 Å². The first-order chi connectivity index (χ1) is 11.0. The van der Waals surface area contributed by atoms with Crippen molar-refractivity contribution in [3.63, 3.8) is 0 Å². The third-order valence-electron chi connectivity index (χ3n) is 3.13. The van der Waals surface area contributed by atoms with Crippen LogP contribution in [0.3, 0.4) is 0 Å². The number of aromatic nitrogens is 1. The van der Waals surface area contributed by atoms with Crippen molar-refractivity contribution >= 4 is 17.5 Å². The van der Waals surface area contributed by atoms with Gasteiger partial charge >= 0.3 is 0 Å². The van der Waals surface area contributed by atoms with E-state index in [-0.39, 0.29) is 19.0 Å². The number of rotatable bonds is 5. The monoisotopic (exact) mass is 319 g/mol. The smallest absolute Gasteiger partial charge is 0.252 e. The number of hydrogen-bond donors (Lipinski definition) is 1. The second-order valence-electron chi connectivity index (χ2n) is 4.74. The van der Waals surface area contributed by atoms with E-state index in [0.29, 0.717) is 5.56 Å². The molecular weight excluding hydrogens is 304 g/mol. The number of carbonyl (C=O) groups is 2. The fourth-order valence-electron chi connectivity index (χ4n) is 2.05. The maximum atomic E-state index is 13.8. The van der Waals surface area contributed by atoms with Crippen LogP contribution in [0.25, 0.3) is 0 Å². The van der Waals surface area contributed by atoms with Gasteiger partial charge in [-0.3, -0.25) is 14.6 Å². The molecule has 0 saturated carbocycles. The summed E-state index contributed by atoms with van der Waals surface area (Å²) in [6, 6.07) is 6.56. The third-order valence-corrected chi connectivity index (χ3v) is 3.13. The number of nitrogens with one attached hydrogen (secondary N) is 1. The SMILES string of the molecule is CC(=O)N(CCNC(=O)c1cccnc1)c1c(F)cccc1F. The molecule has 0 aliphatic carbocycles. The van der Waals surface area contributed by atoms with Crippen LogP contribution in [0.4, 0.5) is 14.5 Å². The Morgan fingerprint density at radius 2 is 1.87 bits per heavy atom. The molecule has 2 amide bonds. The molecule has 1 aromatic carbocycles. The van der Waals surface area contributed by atoms with Crippen molar-refractivity contribution in [3.05, 3.63) is 59.9 Å². The van der Waals surface area contributed by atoms with Gasteiger partial charge in [0.2, 0.25) is 5.91 Å². The molecule has 1 N–H and O–H groups in total. The Balaban J connectivity index is 2.04. The molecule has 0 atom stereocenters. The Hall–Kier alpha value is -2.83. The summed E-state index contributed by atoms with van der Waals surface area (Å²) < 4.78 is 27.6. The molecule has 2 rings (SSSR count). The molecular formula is C16H15F2N3O2. The molecule has 0 unspecified atom stereocenters. The second kappa shape index (κ2) is 7.44. The van der Waals surface area contributed by atoms with Crippen LogP contribution in [0.15, 0.2) is 42.7 Å². The minimum atomic E-state index is -0.834. The maximum absolute atomic E-state index is 13.8.